The monoisotopic (exact) mass is 1210 g/mol. The van der Waals surface area contributed by atoms with Crippen LogP contribution in [-0.4, -0.2) is 18.7 Å². The molecule has 2 atom stereocenters. The molecule has 18 rings (SSSR count). The summed E-state index contributed by atoms with van der Waals surface area (Å²) in [6.07, 6.45) is 5.47. The van der Waals surface area contributed by atoms with Gasteiger partial charge in [0, 0.05) is 87.8 Å². The summed E-state index contributed by atoms with van der Waals surface area (Å²) < 4.78 is 0. The predicted octanol–water partition coefficient (Wildman–Crippen LogP) is 20.2. The molecule has 92 heavy (non-hydrogen) atoms. The van der Waals surface area contributed by atoms with Gasteiger partial charge in [0.05, 0.1) is 17.1 Å². The Morgan fingerprint density at radius 1 is 0.315 bits per heavy atom. The average molecular weight is 1210 g/mol. The van der Waals surface area contributed by atoms with Crippen LogP contribution in [0.25, 0.3) is 33.4 Å². The molecule has 0 N–H and O–H groups in total. The van der Waals surface area contributed by atoms with E-state index in [0.29, 0.717) is 0 Å². The lowest BCUT2D eigenvalue weighted by atomic mass is 9.28. The number of nitrogens with zero attached hydrogens (tertiary/aromatic N) is 4. The minimum absolute atomic E-state index is 0.00975. The summed E-state index contributed by atoms with van der Waals surface area (Å²) in [5, 5.41) is 0.0290. The van der Waals surface area contributed by atoms with Gasteiger partial charge < -0.3 is 19.6 Å². The van der Waals surface area contributed by atoms with Crippen LogP contribution in [0.3, 0.4) is 0 Å². The van der Waals surface area contributed by atoms with Crippen LogP contribution in [0, 0.1) is 0 Å². The van der Waals surface area contributed by atoms with E-state index in [9.17, 15) is 0 Å². The van der Waals surface area contributed by atoms with E-state index in [1.54, 1.807) is 0 Å². The largest absolute Gasteiger partial charge is 0.311 e. The third kappa shape index (κ3) is 9.03. The summed E-state index contributed by atoms with van der Waals surface area (Å²) in [6.45, 7) is -0.0262. The van der Waals surface area contributed by atoms with Crippen molar-refractivity contribution in [1.29, 1.82) is 0 Å². The van der Waals surface area contributed by atoms with Gasteiger partial charge in [-0.25, -0.2) is 0 Å². The molecule has 0 radical (unpaired) electrons. The lowest BCUT2D eigenvalue weighted by molar-refractivity contribution is 0.970. The molecule has 0 bridgehead atoms. The maximum absolute atomic E-state index is 2.77. The van der Waals surface area contributed by atoms with Gasteiger partial charge in [0.1, 0.15) is 0 Å². The molecule has 8 heteroatoms. The average Bonchev–Trinajstić information content (AvgIpc) is 0.696. The zero-order valence-corrected chi connectivity index (χ0v) is 51.9. The Morgan fingerprint density at radius 3 is 1.37 bits per heavy atom. The van der Waals surface area contributed by atoms with E-state index < -0.39 is 0 Å². The Labute approximate surface area is 547 Å². The van der Waals surface area contributed by atoms with Gasteiger partial charge in [0.2, 0.25) is 13.4 Å². The van der Waals surface area contributed by atoms with Gasteiger partial charge in [-0.3, -0.25) is 0 Å². The summed E-state index contributed by atoms with van der Waals surface area (Å²) >= 11 is 3.95. The van der Waals surface area contributed by atoms with Crippen molar-refractivity contribution >= 4 is 121 Å². The molecule has 0 amide bonds. The minimum atomic E-state index is -0.0359. The third-order valence-corrected chi connectivity index (χ3v) is 21.5. The van der Waals surface area contributed by atoms with E-state index in [2.05, 4.69) is 359 Å². The molecule has 0 fully saturated rings. The fraction of sp³-hybridized carbons (Fsp3) is 0.0238. The summed E-state index contributed by atoms with van der Waals surface area (Å²) in [4.78, 5) is 14.1. The van der Waals surface area contributed by atoms with Crippen molar-refractivity contribution in [1.82, 2.24) is 0 Å². The number of hydrogen-bond donors (Lipinski definition) is 0. The fourth-order valence-electron chi connectivity index (χ4n) is 15.2. The number of para-hydroxylation sites is 7. The van der Waals surface area contributed by atoms with Crippen LogP contribution >= 0.6 is 23.5 Å². The summed E-state index contributed by atoms with van der Waals surface area (Å²) in [5.74, 6) is 0.0800. The van der Waals surface area contributed by atoms with Crippen molar-refractivity contribution in [2.24, 2.45) is 0 Å². The molecule has 13 aromatic carbocycles. The molecule has 4 heterocycles. The van der Waals surface area contributed by atoms with Crippen LogP contribution in [0.15, 0.2) is 366 Å². The fourth-order valence-corrected chi connectivity index (χ4v) is 17.9. The Balaban J connectivity index is 0.909. The van der Waals surface area contributed by atoms with Crippen molar-refractivity contribution in [2.45, 2.75) is 25.8 Å². The van der Waals surface area contributed by atoms with Crippen molar-refractivity contribution in [3.63, 3.8) is 0 Å². The highest BCUT2D eigenvalue weighted by molar-refractivity contribution is 8.00. The van der Waals surface area contributed by atoms with Gasteiger partial charge in [-0.1, -0.05) is 260 Å². The standard InChI is InChI=1S/C84H58B2N4S2/c1-7-29-57(30-8-1)65-41-19-24-46-72(65)88(62-39-17-6-18-40-62)64-52-77-83-82(54-64)92-80-56-76-70(55-71(80)85(83)68-44-22-27-49-75(68)89(77)73-47-25-20-42-66(73)58-31-9-2-10-32-58)86-69-45-23-28-50-79(69)91-81-53-63(87(60-35-13-4-14-36-60)61-37-15-5-16-38-61)51-78(84(81)86)90(76)74-48-26-21-43-67(74)59-33-11-3-12-34-59/h1-56,71,80H. The van der Waals surface area contributed by atoms with E-state index in [4.69, 9.17) is 0 Å². The van der Waals surface area contributed by atoms with Crippen LogP contribution in [0.4, 0.5) is 62.6 Å². The molecule has 0 aromatic heterocycles. The van der Waals surface area contributed by atoms with E-state index in [-0.39, 0.29) is 24.5 Å². The quantitative estimate of drug-likeness (QED) is 0.119. The second-order valence-electron chi connectivity index (χ2n) is 24.2. The first-order chi connectivity index (χ1) is 45.7. The minimum Gasteiger partial charge on any atom is -0.311 e. The first kappa shape index (κ1) is 54.3. The maximum Gasteiger partial charge on any atom is 0.249 e. The molecule has 4 aliphatic heterocycles. The Morgan fingerprint density at radius 2 is 0.761 bits per heavy atom. The van der Waals surface area contributed by atoms with Gasteiger partial charge in [-0.2, -0.15) is 0 Å². The van der Waals surface area contributed by atoms with E-state index >= 15 is 0 Å². The van der Waals surface area contributed by atoms with E-state index in [1.165, 1.54) is 98.2 Å². The SMILES string of the molecule is C1=C2B3c4ccccc4Sc4cc(N(c5ccccc5)c5ccccc5)cc(c43)N(c3ccccc3-c3ccccc3)C2=CC2Sc3cc(N(c4ccccc4)c4ccccc4-c4ccccc4)cc4c3B(c3ccccc3N4c3ccccc3-c3ccccc3)C12. The van der Waals surface area contributed by atoms with Crippen LogP contribution in [-0.2, 0) is 0 Å². The second kappa shape index (κ2) is 22.7. The number of benzene rings is 13. The van der Waals surface area contributed by atoms with E-state index in [0.717, 1.165) is 45.5 Å². The van der Waals surface area contributed by atoms with Crippen molar-refractivity contribution in [2.75, 3.05) is 19.6 Å². The molecule has 5 aliphatic rings. The van der Waals surface area contributed by atoms with Crippen LogP contribution in [0.1, 0.15) is 0 Å². The molecule has 2 unspecified atom stereocenters. The number of thioether (sulfide) groups is 1. The summed E-state index contributed by atoms with van der Waals surface area (Å²) in [5.41, 5.74) is 27.6. The highest BCUT2D eigenvalue weighted by atomic mass is 32.2. The predicted molar refractivity (Wildman–Crippen MR) is 392 cm³/mol. The van der Waals surface area contributed by atoms with Gasteiger partial charge in [-0.15, -0.1) is 11.8 Å². The number of anilines is 11. The third-order valence-electron chi connectivity index (χ3n) is 19.1. The normalized spacial score (nSPS) is 15.3. The van der Waals surface area contributed by atoms with Gasteiger partial charge in [0.15, 0.2) is 0 Å². The summed E-state index contributed by atoms with van der Waals surface area (Å²) in [7, 11) is 0. The number of hydrogen-bond acceptors (Lipinski definition) is 6. The smallest absolute Gasteiger partial charge is 0.249 e. The van der Waals surface area contributed by atoms with Gasteiger partial charge >= 0.3 is 0 Å². The molecule has 0 saturated carbocycles. The molecule has 13 aromatic rings. The lowest BCUT2D eigenvalue weighted by Crippen LogP contribution is -2.59. The van der Waals surface area contributed by atoms with Crippen molar-refractivity contribution in [3.8, 4) is 33.4 Å². The molecule has 4 nitrogen and oxygen atoms in total. The topological polar surface area (TPSA) is 13.0 Å². The second-order valence-corrected chi connectivity index (χ2v) is 26.5. The zero-order chi connectivity index (χ0) is 60.6. The van der Waals surface area contributed by atoms with Gasteiger partial charge in [-0.05, 0) is 141 Å². The number of allylic oxidation sites excluding steroid dienone is 2. The molecule has 0 saturated heterocycles. The molecule has 0 spiro atoms. The number of rotatable bonds is 11. The first-order valence-electron chi connectivity index (χ1n) is 31.8. The van der Waals surface area contributed by atoms with Crippen molar-refractivity contribution in [3.05, 3.63) is 351 Å². The highest BCUT2D eigenvalue weighted by Gasteiger charge is 2.52. The van der Waals surface area contributed by atoms with Crippen LogP contribution < -0.4 is 41.5 Å². The Kier molecular flexibility index (Phi) is 13.4. The molecule has 1 aliphatic carbocycles. The van der Waals surface area contributed by atoms with E-state index in [1.807, 2.05) is 23.5 Å². The highest BCUT2D eigenvalue weighted by Crippen LogP contribution is 2.57. The zero-order valence-electron chi connectivity index (χ0n) is 50.2. The van der Waals surface area contributed by atoms with Gasteiger partial charge in [0.25, 0.3) is 0 Å². The molecular formula is C84H58B2N4S2. The Bertz CT molecular complexity index is 5010. The first-order valence-corrected chi connectivity index (χ1v) is 33.5. The number of fused-ring (bicyclic) bond motifs is 8. The van der Waals surface area contributed by atoms with Crippen LogP contribution in [0.5, 0.6) is 0 Å². The molecule has 432 valence electrons. The van der Waals surface area contributed by atoms with Crippen molar-refractivity contribution < 1.29 is 0 Å². The molecular weight excluding hydrogens is 1150 g/mol. The Hall–Kier alpha value is -10.6. The van der Waals surface area contributed by atoms with Crippen LogP contribution in [0.2, 0.25) is 5.82 Å². The lowest BCUT2D eigenvalue weighted by Gasteiger charge is -2.49. The summed E-state index contributed by atoms with van der Waals surface area (Å²) in [6, 6.07) is 121. The maximum atomic E-state index is 2.77.